The molecule has 0 aliphatic rings. The molecular weight excluding hydrogens is 367 g/mol. The van der Waals surface area contributed by atoms with Crippen molar-refractivity contribution >= 4 is 40.7 Å². The number of unbranched alkanes of at least 4 members (excludes halogenated alkanes) is 8. The Morgan fingerprint density at radius 2 is 1.33 bits per heavy atom. The van der Waals surface area contributed by atoms with Gasteiger partial charge in [0.2, 0.25) is 9.70 Å². The van der Waals surface area contributed by atoms with Gasteiger partial charge in [0, 0.05) is 12.0 Å². The second-order valence-corrected chi connectivity index (χ2v) is 9.88. The maximum absolute atomic E-state index is 12.1. The third kappa shape index (κ3) is 14.6. The molecule has 6 heteroatoms. The van der Waals surface area contributed by atoms with Crippen molar-refractivity contribution < 1.29 is 4.79 Å². The SMILES string of the molecule is CCCCCCCCCCCC(=O)N[C@@H](NC(C)(C)C)C(Cl)(Cl)Cl. The van der Waals surface area contributed by atoms with Crippen molar-refractivity contribution in [2.45, 2.75) is 107 Å². The van der Waals surface area contributed by atoms with Crippen LogP contribution < -0.4 is 10.6 Å². The van der Waals surface area contributed by atoms with Gasteiger partial charge in [-0.15, -0.1) is 0 Å². The Kier molecular flexibility index (Phi) is 12.8. The molecule has 0 aliphatic heterocycles. The van der Waals surface area contributed by atoms with E-state index in [0.29, 0.717) is 6.42 Å². The highest BCUT2D eigenvalue weighted by atomic mass is 35.6. The van der Waals surface area contributed by atoms with Gasteiger partial charge in [0.25, 0.3) is 0 Å². The number of rotatable bonds is 12. The highest BCUT2D eigenvalue weighted by Gasteiger charge is 2.36. The molecule has 144 valence electrons. The summed E-state index contributed by atoms with van der Waals surface area (Å²) in [7, 11) is 0. The van der Waals surface area contributed by atoms with Gasteiger partial charge >= 0.3 is 0 Å². The topological polar surface area (TPSA) is 41.1 Å². The summed E-state index contributed by atoms with van der Waals surface area (Å²) in [6.45, 7) is 8.12. The van der Waals surface area contributed by atoms with Gasteiger partial charge in [0.1, 0.15) is 6.17 Å². The zero-order valence-corrected chi connectivity index (χ0v) is 18.0. The number of amides is 1. The zero-order chi connectivity index (χ0) is 18.6. The molecule has 0 radical (unpaired) electrons. The van der Waals surface area contributed by atoms with E-state index in [1.807, 2.05) is 20.8 Å². The van der Waals surface area contributed by atoms with Crippen LogP contribution in [0.1, 0.15) is 91.9 Å². The average molecular weight is 402 g/mol. The van der Waals surface area contributed by atoms with Crippen molar-refractivity contribution in [3.05, 3.63) is 0 Å². The van der Waals surface area contributed by atoms with Crippen molar-refractivity contribution in [3.63, 3.8) is 0 Å². The number of alkyl halides is 3. The van der Waals surface area contributed by atoms with Crippen LogP contribution in [0.3, 0.4) is 0 Å². The second-order valence-electron chi connectivity index (χ2n) is 7.51. The Hall–Kier alpha value is 0.300. The predicted octanol–water partition coefficient (Wildman–Crippen LogP) is 6.11. The quantitative estimate of drug-likeness (QED) is 0.235. The van der Waals surface area contributed by atoms with E-state index in [9.17, 15) is 4.79 Å². The van der Waals surface area contributed by atoms with Crippen LogP contribution in [0.25, 0.3) is 0 Å². The van der Waals surface area contributed by atoms with Gasteiger partial charge in [0.15, 0.2) is 0 Å². The van der Waals surface area contributed by atoms with Gasteiger partial charge in [-0.25, -0.2) is 0 Å². The molecule has 2 N–H and O–H groups in total. The summed E-state index contributed by atoms with van der Waals surface area (Å²) in [6.07, 6.45) is 10.8. The Balaban J connectivity index is 3.89. The summed E-state index contributed by atoms with van der Waals surface area (Å²) in [5, 5.41) is 5.93. The Morgan fingerprint density at radius 1 is 0.875 bits per heavy atom. The molecule has 0 aromatic heterocycles. The van der Waals surface area contributed by atoms with Crippen molar-refractivity contribution in [3.8, 4) is 0 Å². The summed E-state index contributed by atoms with van der Waals surface area (Å²) in [5.74, 6) is -0.0778. The molecule has 0 aromatic carbocycles. The van der Waals surface area contributed by atoms with Crippen molar-refractivity contribution in [1.82, 2.24) is 10.6 Å². The highest BCUT2D eigenvalue weighted by molar-refractivity contribution is 6.68. The molecule has 0 spiro atoms. The van der Waals surface area contributed by atoms with Crippen molar-refractivity contribution in [2.75, 3.05) is 0 Å². The van der Waals surface area contributed by atoms with Crippen LogP contribution >= 0.6 is 34.8 Å². The number of hydrogen-bond donors (Lipinski definition) is 2. The Bertz CT molecular complexity index is 338. The molecule has 0 bridgehead atoms. The molecule has 0 unspecified atom stereocenters. The minimum atomic E-state index is -1.58. The van der Waals surface area contributed by atoms with Gasteiger partial charge in [-0.3, -0.25) is 10.1 Å². The molecule has 1 amide bonds. The fraction of sp³-hybridized carbons (Fsp3) is 0.944. The van der Waals surface area contributed by atoms with Crippen LogP contribution in [0.4, 0.5) is 0 Å². The standard InChI is InChI=1S/C18H35Cl3N2O/c1-5-6-7-8-9-10-11-12-13-14-15(24)22-16(18(19,20)21)23-17(2,3)4/h16,23H,5-14H2,1-4H3,(H,22,24)/t16-/m0/s1. The first-order valence-corrected chi connectivity index (χ1v) is 10.3. The lowest BCUT2D eigenvalue weighted by molar-refractivity contribution is -0.122. The average Bonchev–Trinajstić information content (AvgIpc) is 2.42. The van der Waals surface area contributed by atoms with E-state index in [0.717, 1.165) is 12.8 Å². The molecule has 0 saturated heterocycles. The third-order valence-corrected chi connectivity index (χ3v) is 4.37. The summed E-state index contributed by atoms with van der Waals surface area (Å²) in [5.41, 5.74) is -0.264. The summed E-state index contributed by atoms with van der Waals surface area (Å²) in [6, 6.07) is 0. The van der Waals surface area contributed by atoms with Gasteiger partial charge in [-0.2, -0.15) is 0 Å². The van der Waals surface area contributed by atoms with E-state index >= 15 is 0 Å². The fourth-order valence-corrected chi connectivity index (χ4v) is 2.79. The minimum absolute atomic E-state index is 0.0778. The Labute approximate surface area is 163 Å². The van der Waals surface area contributed by atoms with E-state index in [4.69, 9.17) is 34.8 Å². The van der Waals surface area contributed by atoms with Crippen LogP contribution in [0.15, 0.2) is 0 Å². The third-order valence-electron chi connectivity index (χ3n) is 3.72. The molecule has 0 heterocycles. The van der Waals surface area contributed by atoms with Crippen LogP contribution in [0.2, 0.25) is 0 Å². The van der Waals surface area contributed by atoms with Crippen LogP contribution in [0, 0.1) is 0 Å². The molecule has 3 nitrogen and oxygen atoms in total. The number of nitrogens with one attached hydrogen (secondary N) is 2. The molecule has 24 heavy (non-hydrogen) atoms. The lowest BCUT2D eigenvalue weighted by Gasteiger charge is -2.33. The smallest absolute Gasteiger partial charge is 0.223 e. The Morgan fingerprint density at radius 3 is 1.75 bits per heavy atom. The lowest BCUT2D eigenvalue weighted by atomic mass is 10.1. The largest absolute Gasteiger partial charge is 0.337 e. The van der Waals surface area contributed by atoms with E-state index in [1.165, 1.54) is 44.9 Å². The van der Waals surface area contributed by atoms with Gasteiger partial charge in [-0.05, 0) is 27.2 Å². The second kappa shape index (κ2) is 12.6. The van der Waals surface area contributed by atoms with Gasteiger partial charge < -0.3 is 5.32 Å². The maximum atomic E-state index is 12.1. The summed E-state index contributed by atoms with van der Waals surface area (Å²) < 4.78 is -1.58. The minimum Gasteiger partial charge on any atom is -0.337 e. The number of hydrogen-bond acceptors (Lipinski definition) is 2. The van der Waals surface area contributed by atoms with Crippen LogP contribution in [-0.4, -0.2) is 21.4 Å². The number of carbonyl (C=O) groups is 1. The summed E-state index contributed by atoms with van der Waals surface area (Å²) >= 11 is 17.9. The predicted molar refractivity (Wildman–Crippen MR) is 107 cm³/mol. The first kappa shape index (κ1) is 24.3. The molecular formula is C18H35Cl3N2O. The monoisotopic (exact) mass is 400 g/mol. The maximum Gasteiger partial charge on any atom is 0.223 e. The molecule has 0 aromatic rings. The van der Waals surface area contributed by atoms with Gasteiger partial charge in [0.05, 0.1) is 0 Å². The van der Waals surface area contributed by atoms with E-state index in [2.05, 4.69) is 17.6 Å². The molecule has 0 rings (SSSR count). The van der Waals surface area contributed by atoms with Gasteiger partial charge in [-0.1, -0.05) is 93.1 Å². The van der Waals surface area contributed by atoms with Crippen molar-refractivity contribution in [1.29, 1.82) is 0 Å². The molecule has 0 saturated carbocycles. The number of halogens is 3. The summed E-state index contributed by atoms with van der Waals surface area (Å²) in [4.78, 5) is 12.1. The normalized spacial score (nSPS) is 13.8. The van der Waals surface area contributed by atoms with E-state index < -0.39 is 9.96 Å². The number of carbonyl (C=O) groups excluding carboxylic acids is 1. The first-order chi connectivity index (χ1) is 11.1. The van der Waals surface area contributed by atoms with Crippen molar-refractivity contribution in [2.24, 2.45) is 0 Å². The zero-order valence-electron chi connectivity index (χ0n) is 15.7. The highest BCUT2D eigenvalue weighted by Crippen LogP contribution is 2.30. The lowest BCUT2D eigenvalue weighted by Crippen LogP contribution is -2.58. The first-order valence-electron chi connectivity index (χ1n) is 9.20. The molecule has 1 atom stereocenters. The van der Waals surface area contributed by atoms with Crippen LogP contribution in [-0.2, 0) is 4.79 Å². The molecule has 0 aliphatic carbocycles. The van der Waals surface area contributed by atoms with E-state index in [1.54, 1.807) is 0 Å². The van der Waals surface area contributed by atoms with E-state index in [-0.39, 0.29) is 11.4 Å². The molecule has 0 fully saturated rings. The fourth-order valence-electron chi connectivity index (χ4n) is 2.46. The van der Waals surface area contributed by atoms with Crippen LogP contribution in [0.5, 0.6) is 0 Å².